The van der Waals surface area contributed by atoms with Crippen molar-refractivity contribution in [2.24, 2.45) is 0 Å². The molecule has 0 saturated carbocycles. The molecule has 8 heteroatoms. The SMILES string of the molecule is C1CCOC1.CCC(CC)Oc1ccc(C#N)cc1Cl.CCC(O)CC.N#Cc1ccc(O)c(Cl)c1. The number of ether oxygens (including phenoxy) is 2. The van der Waals surface area contributed by atoms with E-state index in [-0.39, 0.29) is 23.0 Å². The summed E-state index contributed by atoms with van der Waals surface area (Å²) >= 11 is 11.5. The number of nitriles is 2. The number of aromatic hydroxyl groups is 1. The highest BCUT2D eigenvalue weighted by molar-refractivity contribution is 6.32. The molecule has 0 radical (unpaired) electrons. The van der Waals surface area contributed by atoms with Crippen molar-refractivity contribution in [2.45, 2.75) is 78.4 Å². The summed E-state index contributed by atoms with van der Waals surface area (Å²) < 4.78 is 10.6. The molecule has 1 aliphatic heterocycles. The van der Waals surface area contributed by atoms with Gasteiger partial charge in [-0.2, -0.15) is 10.5 Å². The quantitative estimate of drug-likeness (QED) is 0.392. The summed E-state index contributed by atoms with van der Waals surface area (Å²) in [5, 5.41) is 35.3. The molecule has 36 heavy (non-hydrogen) atoms. The van der Waals surface area contributed by atoms with E-state index in [0.29, 0.717) is 21.9 Å². The number of rotatable bonds is 6. The van der Waals surface area contributed by atoms with Gasteiger partial charge >= 0.3 is 0 Å². The van der Waals surface area contributed by atoms with Crippen molar-refractivity contribution < 1.29 is 19.7 Å². The molecule has 1 fully saturated rings. The van der Waals surface area contributed by atoms with Crippen molar-refractivity contribution in [3.63, 3.8) is 0 Å². The number of aliphatic hydroxyl groups excluding tert-OH is 1. The molecule has 6 nitrogen and oxygen atoms in total. The lowest BCUT2D eigenvalue weighted by Crippen LogP contribution is -2.13. The van der Waals surface area contributed by atoms with Crippen LogP contribution in [0, 0.1) is 22.7 Å². The Labute approximate surface area is 226 Å². The highest BCUT2D eigenvalue weighted by Gasteiger charge is 2.08. The zero-order valence-electron chi connectivity index (χ0n) is 21.6. The molecule has 0 aliphatic carbocycles. The average Bonchev–Trinajstić information content (AvgIpc) is 3.50. The lowest BCUT2D eigenvalue weighted by Gasteiger charge is -2.16. The molecule has 2 aromatic carbocycles. The number of phenols is 1. The first-order valence-electron chi connectivity index (χ1n) is 12.3. The van der Waals surface area contributed by atoms with Gasteiger partial charge in [-0.05, 0) is 74.9 Å². The molecule has 1 aliphatic rings. The predicted octanol–water partition coefficient (Wildman–Crippen LogP) is 7.66. The van der Waals surface area contributed by atoms with Crippen LogP contribution in [0.4, 0.5) is 0 Å². The van der Waals surface area contributed by atoms with Gasteiger partial charge in [0.25, 0.3) is 0 Å². The Kier molecular flexibility index (Phi) is 19.3. The molecule has 1 heterocycles. The molecule has 1 saturated heterocycles. The van der Waals surface area contributed by atoms with Crippen LogP contribution in [0.3, 0.4) is 0 Å². The first-order chi connectivity index (χ1) is 17.3. The molecule has 0 amide bonds. The first kappa shape index (κ1) is 33.5. The van der Waals surface area contributed by atoms with Gasteiger partial charge in [0.15, 0.2) is 0 Å². The third-order valence-electron chi connectivity index (χ3n) is 5.11. The molecule has 0 atom stereocenters. The van der Waals surface area contributed by atoms with E-state index < -0.39 is 0 Å². The largest absolute Gasteiger partial charge is 0.506 e. The van der Waals surface area contributed by atoms with Crippen molar-refractivity contribution in [3.8, 4) is 23.6 Å². The van der Waals surface area contributed by atoms with E-state index in [1.807, 2.05) is 26.0 Å². The summed E-state index contributed by atoms with van der Waals surface area (Å²) in [6.07, 6.45) is 6.35. The second-order valence-electron chi connectivity index (χ2n) is 7.88. The van der Waals surface area contributed by atoms with Crippen molar-refractivity contribution >= 4 is 23.2 Å². The van der Waals surface area contributed by atoms with E-state index in [1.165, 1.54) is 31.0 Å². The van der Waals surface area contributed by atoms with Crippen LogP contribution in [0.1, 0.15) is 77.3 Å². The maximum atomic E-state index is 8.90. The van der Waals surface area contributed by atoms with E-state index in [0.717, 1.165) is 38.9 Å². The summed E-state index contributed by atoms with van der Waals surface area (Å²) in [6.45, 7) is 10.1. The lowest BCUT2D eigenvalue weighted by atomic mass is 10.2. The highest BCUT2D eigenvalue weighted by atomic mass is 35.5. The second kappa shape index (κ2) is 20.7. The third kappa shape index (κ3) is 14.8. The molecule has 0 spiro atoms. The van der Waals surface area contributed by atoms with Crippen molar-refractivity contribution in [2.75, 3.05) is 13.2 Å². The van der Waals surface area contributed by atoms with Crippen LogP contribution in [0.5, 0.6) is 11.5 Å². The van der Waals surface area contributed by atoms with E-state index in [2.05, 4.69) is 13.8 Å². The summed E-state index contributed by atoms with van der Waals surface area (Å²) in [5.74, 6) is 0.657. The summed E-state index contributed by atoms with van der Waals surface area (Å²) in [7, 11) is 0. The fourth-order valence-electron chi connectivity index (χ4n) is 2.68. The minimum absolute atomic E-state index is 0.000617. The zero-order chi connectivity index (χ0) is 27.3. The van der Waals surface area contributed by atoms with Crippen molar-refractivity contribution in [1.29, 1.82) is 10.5 Å². The number of nitrogens with zero attached hydrogens (tertiary/aromatic N) is 2. The van der Waals surface area contributed by atoms with Crippen LogP contribution < -0.4 is 4.74 Å². The van der Waals surface area contributed by atoms with Crippen LogP contribution in [0.15, 0.2) is 36.4 Å². The van der Waals surface area contributed by atoms with Gasteiger partial charge in [-0.3, -0.25) is 0 Å². The predicted molar refractivity (Wildman–Crippen MR) is 146 cm³/mol. The van der Waals surface area contributed by atoms with E-state index in [4.69, 9.17) is 53.4 Å². The van der Waals surface area contributed by atoms with Gasteiger partial charge in [0, 0.05) is 13.2 Å². The molecule has 0 unspecified atom stereocenters. The molecule has 2 aromatic rings. The molecule has 3 rings (SSSR count). The zero-order valence-corrected chi connectivity index (χ0v) is 23.1. The summed E-state index contributed by atoms with van der Waals surface area (Å²) in [4.78, 5) is 0. The molecular weight excluding hydrogens is 499 g/mol. The van der Waals surface area contributed by atoms with E-state index >= 15 is 0 Å². The Hall–Kier alpha value is -2.48. The van der Waals surface area contributed by atoms with E-state index in [9.17, 15) is 0 Å². The van der Waals surface area contributed by atoms with Crippen LogP contribution in [-0.4, -0.2) is 35.6 Å². The minimum atomic E-state index is -0.0648. The number of phenolic OH excluding ortho intramolecular Hbond substituents is 1. The van der Waals surface area contributed by atoms with Crippen molar-refractivity contribution in [3.05, 3.63) is 57.6 Å². The van der Waals surface area contributed by atoms with Crippen LogP contribution in [0.25, 0.3) is 0 Å². The van der Waals surface area contributed by atoms with Gasteiger partial charge < -0.3 is 19.7 Å². The molecule has 0 aromatic heterocycles. The summed E-state index contributed by atoms with van der Waals surface area (Å²) in [6, 6.07) is 13.3. The molecule has 198 valence electrons. The fraction of sp³-hybridized carbons (Fsp3) is 0.500. The van der Waals surface area contributed by atoms with Gasteiger partial charge in [0.1, 0.15) is 11.5 Å². The van der Waals surface area contributed by atoms with Crippen LogP contribution in [0.2, 0.25) is 10.0 Å². The maximum Gasteiger partial charge on any atom is 0.138 e. The highest BCUT2D eigenvalue weighted by Crippen LogP contribution is 2.27. The monoisotopic (exact) mass is 536 g/mol. The maximum absolute atomic E-state index is 8.90. The molecule has 2 N–H and O–H groups in total. The topological polar surface area (TPSA) is 107 Å². The fourth-order valence-corrected chi connectivity index (χ4v) is 3.08. The number of hydrogen-bond acceptors (Lipinski definition) is 6. The standard InChI is InChI=1S/C12H14ClNO.C7H4ClNO.C5H12O.C4H8O/c1-3-10(4-2)15-12-6-5-9(8-14)7-11(12)13;8-6-3-5(4-9)1-2-7(6)10;1-3-5(6)4-2;1-2-4-5-3-1/h5-7,10H,3-4H2,1-2H3;1-3,10H;5-6H,3-4H2,1-2H3;1-4H2. The first-order valence-corrected chi connectivity index (χ1v) is 13.0. The van der Waals surface area contributed by atoms with Crippen LogP contribution in [-0.2, 0) is 4.74 Å². The lowest BCUT2D eigenvalue weighted by molar-refractivity contribution is 0.166. The Morgan fingerprint density at radius 2 is 1.36 bits per heavy atom. The Bertz CT molecular complexity index is 938. The Morgan fingerprint density at radius 1 is 0.861 bits per heavy atom. The third-order valence-corrected chi connectivity index (χ3v) is 5.71. The van der Waals surface area contributed by atoms with Crippen molar-refractivity contribution in [1.82, 2.24) is 0 Å². The van der Waals surface area contributed by atoms with Gasteiger partial charge in [0.05, 0.1) is 45.5 Å². The molecular formula is C28H38Cl2N2O4. The van der Waals surface area contributed by atoms with Gasteiger partial charge in [-0.25, -0.2) is 0 Å². The normalized spacial score (nSPS) is 11.6. The number of halogens is 2. The van der Waals surface area contributed by atoms with Gasteiger partial charge in [-0.1, -0.05) is 50.9 Å². The smallest absolute Gasteiger partial charge is 0.138 e. The number of hydrogen-bond donors (Lipinski definition) is 2. The van der Waals surface area contributed by atoms with Gasteiger partial charge in [0.2, 0.25) is 0 Å². The Morgan fingerprint density at radius 3 is 1.69 bits per heavy atom. The van der Waals surface area contributed by atoms with Crippen LogP contribution >= 0.6 is 23.2 Å². The van der Waals surface area contributed by atoms with E-state index in [1.54, 1.807) is 18.2 Å². The number of benzene rings is 2. The number of aliphatic hydroxyl groups is 1. The minimum Gasteiger partial charge on any atom is -0.506 e. The Balaban J connectivity index is 0.000000499. The second-order valence-corrected chi connectivity index (χ2v) is 8.70. The summed E-state index contributed by atoms with van der Waals surface area (Å²) in [5.41, 5.74) is 1.000. The molecule has 0 bridgehead atoms. The average molecular weight is 538 g/mol. The van der Waals surface area contributed by atoms with Gasteiger partial charge in [-0.15, -0.1) is 0 Å².